The van der Waals surface area contributed by atoms with Gasteiger partial charge >= 0.3 is 0 Å². The third kappa shape index (κ3) is 2.57. The van der Waals surface area contributed by atoms with Gasteiger partial charge in [0.1, 0.15) is 0 Å². The van der Waals surface area contributed by atoms with Crippen LogP contribution < -0.4 is 11.1 Å². The molecule has 0 bridgehead atoms. The number of anilines is 2. The number of halogens is 1. The van der Waals surface area contributed by atoms with Crippen LogP contribution in [0.25, 0.3) is 0 Å². The van der Waals surface area contributed by atoms with Gasteiger partial charge in [-0.2, -0.15) is 0 Å². The minimum absolute atomic E-state index is 0.111. The molecule has 3 nitrogen and oxygen atoms in total. The lowest BCUT2D eigenvalue weighted by atomic mass is 10.1. The van der Waals surface area contributed by atoms with Gasteiger partial charge < -0.3 is 11.1 Å². The Morgan fingerprint density at radius 1 is 1.33 bits per heavy atom. The molecule has 0 fully saturated rings. The van der Waals surface area contributed by atoms with Crippen molar-refractivity contribution < 1.29 is 4.79 Å². The van der Waals surface area contributed by atoms with Gasteiger partial charge in [-0.1, -0.05) is 15.9 Å². The lowest BCUT2D eigenvalue weighted by molar-refractivity contribution is 0.103. The molecule has 1 aromatic heterocycles. The highest BCUT2D eigenvalue weighted by Crippen LogP contribution is 2.29. The molecule has 0 saturated heterocycles. The van der Waals surface area contributed by atoms with Crippen molar-refractivity contribution in [3.05, 3.63) is 44.1 Å². The molecule has 0 aliphatic rings. The van der Waals surface area contributed by atoms with E-state index in [0.29, 0.717) is 11.4 Å². The number of nitrogens with one attached hydrogen (secondary N) is 1. The van der Waals surface area contributed by atoms with Crippen molar-refractivity contribution >= 4 is 44.5 Å². The molecular weight excluding hydrogens is 312 g/mol. The second kappa shape index (κ2) is 5.12. The van der Waals surface area contributed by atoms with E-state index in [1.165, 1.54) is 11.3 Å². The summed E-state index contributed by atoms with van der Waals surface area (Å²) in [5.74, 6) is -0.111. The van der Waals surface area contributed by atoms with Crippen LogP contribution in [0.5, 0.6) is 0 Å². The summed E-state index contributed by atoms with van der Waals surface area (Å²) in [6.45, 7) is 3.83. The number of aryl methyl sites for hydroxylation is 2. The lowest BCUT2D eigenvalue weighted by Gasteiger charge is -2.11. The van der Waals surface area contributed by atoms with E-state index >= 15 is 0 Å². The molecule has 1 aromatic carbocycles. The number of thiophene rings is 1. The van der Waals surface area contributed by atoms with E-state index in [9.17, 15) is 4.79 Å². The van der Waals surface area contributed by atoms with Crippen LogP contribution in [0.2, 0.25) is 0 Å². The number of carbonyl (C=O) groups is 1. The van der Waals surface area contributed by atoms with Crippen LogP contribution in [-0.4, -0.2) is 5.91 Å². The summed E-state index contributed by atoms with van der Waals surface area (Å²) in [6.07, 6.45) is 0. The van der Waals surface area contributed by atoms with E-state index in [1.807, 2.05) is 31.4 Å². The second-order valence-electron chi connectivity index (χ2n) is 4.07. The Balaban J connectivity index is 2.31. The molecule has 2 rings (SSSR count). The van der Waals surface area contributed by atoms with Crippen LogP contribution in [0.1, 0.15) is 20.8 Å². The zero-order chi connectivity index (χ0) is 13.3. The van der Waals surface area contributed by atoms with Crippen LogP contribution in [0.15, 0.2) is 28.1 Å². The van der Waals surface area contributed by atoms with E-state index in [1.54, 1.807) is 6.07 Å². The highest BCUT2D eigenvalue weighted by Gasteiger charge is 2.13. The van der Waals surface area contributed by atoms with Gasteiger partial charge in [0, 0.05) is 4.47 Å². The fourth-order valence-corrected chi connectivity index (χ4v) is 3.13. The molecule has 0 aliphatic heterocycles. The molecule has 0 saturated carbocycles. The number of hydrogen-bond donors (Lipinski definition) is 2. The Morgan fingerprint density at radius 3 is 2.61 bits per heavy atom. The summed E-state index contributed by atoms with van der Waals surface area (Å²) in [4.78, 5) is 12.8. The molecule has 1 heterocycles. The number of nitrogen functional groups attached to an aromatic ring is 1. The molecule has 0 aliphatic carbocycles. The van der Waals surface area contributed by atoms with E-state index in [-0.39, 0.29) is 5.91 Å². The number of amides is 1. The predicted molar refractivity (Wildman–Crippen MR) is 80.3 cm³/mol. The first kappa shape index (κ1) is 13.1. The smallest absolute Gasteiger partial charge is 0.266 e. The number of rotatable bonds is 2. The number of carbonyl (C=O) groups excluding carboxylic acids is 1. The van der Waals surface area contributed by atoms with Gasteiger partial charge in [-0.05, 0) is 48.6 Å². The zero-order valence-corrected chi connectivity index (χ0v) is 12.5. The van der Waals surface area contributed by atoms with Crippen LogP contribution in [0, 0.1) is 13.8 Å². The first-order valence-electron chi connectivity index (χ1n) is 5.40. The molecule has 3 N–H and O–H groups in total. The third-order valence-electron chi connectivity index (χ3n) is 2.64. The zero-order valence-electron chi connectivity index (χ0n) is 10.1. The normalized spacial score (nSPS) is 10.4. The van der Waals surface area contributed by atoms with Gasteiger partial charge in [0.15, 0.2) is 0 Å². The molecule has 0 radical (unpaired) electrons. The molecule has 5 heteroatoms. The number of nitrogens with two attached hydrogens (primary N) is 1. The summed E-state index contributed by atoms with van der Waals surface area (Å²) in [6, 6.07) is 5.63. The summed E-state index contributed by atoms with van der Waals surface area (Å²) >= 11 is 4.80. The van der Waals surface area contributed by atoms with E-state index in [2.05, 4.69) is 21.2 Å². The van der Waals surface area contributed by atoms with Crippen LogP contribution in [0.3, 0.4) is 0 Å². The van der Waals surface area contributed by atoms with Gasteiger partial charge in [0.05, 0.1) is 16.3 Å². The summed E-state index contributed by atoms with van der Waals surface area (Å²) in [7, 11) is 0. The summed E-state index contributed by atoms with van der Waals surface area (Å²) < 4.78 is 0.905. The van der Waals surface area contributed by atoms with Crippen molar-refractivity contribution in [3.63, 3.8) is 0 Å². The highest BCUT2D eigenvalue weighted by molar-refractivity contribution is 9.10. The summed E-state index contributed by atoms with van der Waals surface area (Å²) in [5, 5.41) is 4.78. The average molecular weight is 325 g/mol. The molecule has 1 amide bonds. The quantitative estimate of drug-likeness (QED) is 0.821. The summed E-state index contributed by atoms with van der Waals surface area (Å²) in [5.41, 5.74) is 9.07. The van der Waals surface area contributed by atoms with Gasteiger partial charge in [-0.15, -0.1) is 11.3 Å². The van der Waals surface area contributed by atoms with Crippen molar-refractivity contribution in [2.45, 2.75) is 13.8 Å². The fourth-order valence-electron chi connectivity index (χ4n) is 1.72. The van der Waals surface area contributed by atoms with Gasteiger partial charge in [0.25, 0.3) is 5.91 Å². The third-order valence-corrected chi connectivity index (χ3v) is 4.11. The molecule has 0 atom stereocenters. The largest absolute Gasteiger partial charge is 0.397 e. The van der Waals surface area contributed by atoms with E-state index in [0.717, 1.165) is 20.5 Å². The Labute approximate surface area is 118 Å². The fraction of sp³-hybridized carbons (Fsp3) is 0.154. The minimum atomic E-state index is -0.111. The molecular formula is C13H13BrN2OS. The van der Waals surface area contributed by atoms with Crippen molar-refractivity contribution in [1.82, 2.24) is 0 Å². The number of hydrogen-bond acceptors (Lipinski definition) is 3. The van der Waals surface area contributed by atoms with Crippen molar-refractivity contribution in [1.29, 1.82) is 0 Å². The van der Waals surface area contributed by atoms with Gasteiger partial charge in [-0.3, -0.25) is 4.79 Å². The minimum Gasteiger partial charge on any atom is -0.397 e. The van der Waals surface area contributed by atoms with Gasteiger partial charge in [0.2, 0.25) is 0 Å². The Morgan fingerprint density at radius 2 is 2.06 bits per heavy atom. The van der Waals surface area contributed by atoms with Gasteiger partial charge in [-0.25, -0.2) is 0 Å². The standard InChI is InChI=1S/C13H13BrN2OS/c1-7-3-4-18-12(7)13(17)16-11-8(2)5-9(14)6-10(11)15/h3-6H,15H2,1-2H3,(H,16,17). The average Bonchev–Trinajstić information content (AvgIpc) is 2.69. The predicted octanol–water partition coefficient (Wildman–Crippen LogP) is 3.96. The SMILES string of the molecule is Cc1ccsc1C(=O)Nc1c(C)cc(Br)cc1N. The van der Waals surface area contributed by atoms with Crippen LogP contribution in [0.4, 0.5) is 11.4 Å². The van der Waals surface area contributed by atoms with Crippen LogP contribution >= 0.6 is 27.3 Å². The monoisotopic (exact) mass is 324 g/mol. The maximum atomic E-state index is 12.1. The first-order valence-corrected chi connectivity index (χ1v) is 7.07. The molecule has 2 aromatic rings. The highest BCUT2D eigenvalue weighted by atomic mass is 79.9. The topological polar surface area (TPSA) is 55.1 Å². The Hall–Kier alpha value is -1.33. The molecule has 94 valence electrons. The lowest BCUT2D eigenvalue weighted by Crippen LogP contribution is -2.13. The Kier molecular flexibility index (Phi) is 3.73. The maximum absolute atomic E-state index is 12.1. The Bertz CT molecular complexity index is 584. The second-order valence-corrected chi connectivity index (χ2v) is 5.91. The number of benzene rings is 1. The molecule has 0 unspecified atom stereocenters. The van der Waals surface area contributed by atoms with Crippen molar-refractivity contribution in [3.8, 4) is 0 Å². The first-order chi connectivity index (χ1) is 8.49. The molecule has 0 spiro atoms. The van der Waals surface area contributed by atoms with E-state index in [4.69, 9.17) is 5.73 Å². The maximum Gasteiger partial charge on any atom is 0.266 e. The van der Waals surface area contributed by atoms with Crippen LogP contribution in [-0.2, 0) is 0 Å². The van der Waals surface area contributed by atoms with Crippen molar-refractivity contribution in [2.75, 3.05) is 11.1 Å². The molecule has 18 heavy (non-hydrogen) atoms. The van der Waals surface area contributed by atoms with Crippen molar-refractivity contribution in [2.24, 2.45) is 0 Å². The van der Waals surface area contributed by atoms with E-state index < -0.39 is 0 Å².